The Kier molecular flexibility index (Phi) is 10.4. The second kappa shape index (κ2) is 12.8. The summed E-state index contributed by atoms with van der Waals surface area (Å²) in [5, 5.41) is 0. The van der Waals surface area contributed by atoms with E-state index in [-0.39, 0.29) is 23.9 Å². The quantitative estimate of drug-likeness (QED) is 0.344. The molecular formula is C30H43NO5. The zero-order valence-electron chi connectivity index (χ0n) is 23.2. The summed E-state index contributed by atoms with van der Waals surface area (Å²) in [4.78, 5) is 27.1. The molecule has 0 saturated carbocycles. The molecule has 6 heteroatoms. The number of hydrogen-bond acceptors (Lipinski definition) is 5. The molecule has 2 aromatic carbocycles. The number of amides is 1. The number of carbonyl (C=O) groups excluding carboxylic acids is 2. The van der Waals surface area contributed by atoms with E-state index in [1.807, 2.05) is 103 Å². The number of esters is 1. The molecule has 0 spiro atoms. The molecule has 6 nitrogen and oxygen atoms in total. The average Bonchev–Trinajstić information content (AvgIpc) is 2.78. The molecule has 2 aromatic rings. The van der Waals surface area contributed by atoms with E-state index < -0.39 is 11.2 Å². The van der Waals surface area contributed by atoms with Crippen molar-refractivity contribution in [1.29, 1.82) is 0 Å². The lowest BCUT2D eigenvalue weighted by atomic mass is 9.85. The minimum absolute atomic E-state index is 0.0152. The summed E-state index contributed by atoms with van der Waals surface area (Å²) in [6.07, 6.45) is 0.797. The Morgan fingerprint density at radius 3 is 2.08 bits per heavy atom. The van der Waals surface area contributed by atoms with Crippen LogP contribution in [0.2, 0.25) is 0 Å². The fourth-order valence-corrected chi connectivity index (χ4v) is 3.68. The summed E-state index contributed by atoms with van der Waals surface area (Å²) in [6, 6.07) is 17.9. The van der Waals surface area contributed by atoms with Gasteiger partial charge < -0.3 is 19.1 Å². The van der Waals surface area contributed by atoms with Crippen molar-refractivity contribution in [2.75, 3.05) is 13.6 Å². The minimum Gasteiger partial charge on any atom is -0.489 e. The highest BCUT2D eigenvalue weighted by Gasteiger charge is 2.31. The maximum Gasteiger partial charge on any atom is 0.410 e. The van der Waals surface area contributed by atoms with Gasteiger partial charge in [0.15, 0.2) is 0 Å². The highest BCUT2D eigenvalue weighted by atomic mass is 16.6. The normalized spacial score (nSPS) is 13.4. The lowest BCUT2D eigenvalue weighted by molar-refractivity contribution is -0.162. The van der Waals surface area contributed by atoms with Gasteiger partial charge in [0.1, 0.15) is 23.6 Å². The van der Waals surface area contributed by atoms with Crippen molar-refractivity contribution in [3.63, 3.8) is 0 Å². The van der Waals surface area contributed by atoms with Gasteiger partial charge in [0.25, 0.3) is 0 Å². The smallest absolute Gasteiger partial charge is 0.410 e. The highest BCUT2D eigenvalue weighted by molar-refractivity contribution is 5.73. The second-order valence-electron chi connectivity index (χ2n) is 11.4. The third kappa shape index (κ3) is 10.7. The van der Waals surface area contributed by atoms with Gasteiger partial charge >= 0.3 is 12.1 Å². The monoisotopic (exact) mass is 497 g/mol. The SMILES string of the molecule is CC(CCN(C)C(=O)OC(C)(C)C)C(Cc1cccc(OCc2ccccc2)c1)C(=O)OC(C)(C)C. The van der Waals surface area contributed by atoms with Crippen LogP contribution in [0.3, 0.4) is 0 Å². The first-order chi connectivity index (χ1) is 16.7. The van der Waals surface area contributed by atoms with Crippen LogP contribution < -0.4 is 4.74 Å². The van der Waals surface area contributed by atoms with Gasteiger partial charge in [-0.25, -0.2) is 4.79 Å². The molecule has 0 fully saturated rings. The van der Waals surface area contributed by atoms with Crippen molar-refractivity contribution in [1.82, 2.24) is 4.90 Å². The van der Waals surface area contributed by atoms with Crippen molar-refractivity contribution in [3.05, 3.63) is 65.7 Å². The Morgan fingerprint density at radius 1 is 0.861 bits per heavy atom. The van der Waals surface area contributed by atoms with E-state index >= 15 is 0 Å². The van der Waals surface area contributed by atoms with E-state index in [4.69, 9.17) is 14.2 Å². The van der Waals surface area contributed by atoms with Gasteiger partial charge in [-0.3, -0.25) is 4.79 Å². The zero-order chi connectivity index (χ0) is 26.9. The number of rotatable bonds is 10. The Balaban J connectivity index is 2.09. The summed E-state index contributed by atoms with van der Waals surface area (Å²) in [5.74, 6) is 0.154. The molecule has 2 atom stereocenters. The van der Waals surface area contributed by atoms with Crippen LogP contribution in [-0.2, 0) is 27.3 Å². The van der Waals surface area contributed by atoms with Crippen LogP contribution in [0.4, 0.5) is 4.79 Å². The number of benzene rings is 2. The maximum atomic E-state index is 13.2. The topological polar surface area (TPSA) is 65.1 Å². The molecule has 0 bridgehead atoms. The van der Waals surface area contributed by atoms with Crippen molar-refractivity contribution in [3.8, 4) is 5.75 Å². The summed E-state index contributed by atoms with van der Waals surface area (Å²) < 4.78 is 17.2. The van der Waals surface area contributed by atoms with E-state index in [0.29, 0.717) is 26.0 Å². The van der Waals surface area contributed by atoms with Gasteiger partial charge in [0.2, 0.25) is 0 Å². The van der Waals surface area contributed by atoms with Crippen molar-refractivity contribution in [2.24, 2.45) is 11.8 Å². The Labute approximate surface area is 216 Å². The first-order valence-electron chi connectivity index (χ1n) is 12.7. The van der Waals surface area contributed by atoms with E-state index in [2.05, 4.69) is 0 Å². The standard InChI is InChI=1S/C30H43NO5/c1-22(17-18-31(8)28(33)36-30(5,6)7)26(27(32)35-29(2,3)4)20-24-15-12-16-25(19-24)34-21-23-13-10-9-11-14-23/h9-16,19,22,26H,17-18,20-21H2,1-8H3. The van der Waals surface area contributed by atoms with Gasteiger partial charge in [-0.15, -0.1) is 0 Å². The van der Waals surface area contributed by atoms with Crippen LogP contribution in [0.5, 0.6) is 5.75 Å². The van der Waals surface area contributed by atoms with Crippen molar-refractivity contribution >= 4 is 12.1 Å². The number of ether oxygens (including phenoxy) is 3. The Bertz CT molecular complexity index is 975. The zero-order valence-corrected chi connectivity index (χ0v) is 23.2. The number of carbonyl (C=O) groups is 2. The Morgan fingerprint density at radius 2 is 1.47 bits per heavy atom. The third-order valence-corrected chi connectivity index (χ3v) is 5.62. The number of hydrogen-bond donors (Lipinski definition) is 0. The fraction of sp³-hybridized carbons (Fsp3) is 0.533. The summed E-state index contributed by atoms with van der Waals surface area (Å²) >= 11 is 0. The fourth-order valence-electron chi connectivity index (χ4n) is 3.68. The maximum absolute atomic E-state index is 13.2. The Hall–Kier alpha value is -3.02. The molecule has 0 radical (unpaired) electrons. The minimum atomic E-state index is -0.580. The van der Waals surface area contributed by atoms with Crippen LogP contribution in [0.1, 0.15) is 66.0 Å². The van der Waals surface area contributed by atoms with Crippen LogP contribution in [0.25, 0.3) is 0 Å². The molecule has 0 aliphatic carbocycles. The molecule has 0 aliphatic rings. The lowest BCUT2D eigenvalue weighted by Gasteiger charge is -2.29. The molecule has 0 aromatic heterocycles. The average molecular weight is 498 g/mol. The van der Waals surface area contributed by atoms with Crippen LogP contribution in [0.15, 0.2) is 54.6 Å². The molecule has 1 amide bonds. The molecule has 36 heavy (non-hydrogen) atoms. The van der Waals surface area contributed by atoms with Gasteiger partial charge in [-0.1, -0.05) is 49.4 Å². The van der Waals surface area contributed by atoms with Crippen LogP contribution in [-0.4, -0.2) is 41.8 Å². The summed E-state index contributed by atoms with van der Waals surface area (Å²) in [7, 11) is 1.72. The van der Waals surface area contributed by atoms with E-state index in [0.717, 1.165) is 16.9 Å². The highest BCUT2D eigenvalue weighted by Crippen LogP contribution is 2.27. The van der Waals surface area contributed by atoms with Gasteiger partial charge in [-0.2, -0.15) is 0 Å². The predicted octanol–water partition coefficient (Wildman–Crippen LogP) is 6.66. The van der Waals surface area contributed by atoms with E-state index in [1.165, 1.54) is 0 Å². The van der Waals surface area contributed by atoms with Crippen molar-refractivity contribution in [2.45, 2.75) is 79.1 Å². The summed E-state index contributed by atoms with van der Waals surface area (Å²) in [6.45, 7) is 14.2. The molecule has 0 saturated heterocycles. The molecule has 2 unspecified atom stereocenters. The largest absolute Gasteiger partial charge is 0.489 e. The molecule has 0 heterocycles. The van der Waals surface area contributed by atoms with Crippen molar-refractivity contribution < 1.29 is 23.8 Å². The van der Waals surface area contributed by atoms with Gasteiger partial charge in [0.05, 0.1) is 5.92 Å². The number of nitrogens with zero attached hydrogens (tertiary/aromatic N) is 1. The first-order valence-corrected chi connectivity index (χ1v) is 12.7. The second-order valence-corrected chi connectivity index (χ2v) is 11.4. The van der Waals surface area contributed by atoms with E-state index in [1.54, 1.807) is 11.9 Å². The van der Waals surface area contributed by atoms with Gasteiger partial charge in [0, 0.05) is 13.6 Å². The molecule has 2 rings (SSSR count). The summed E-state index contributed by atoms with van der Waals surface area (Å²) in [5.41, 5.74) is 0.966. The molecule has 0 aliphatic heterocycles. The van der Waals surface area contributed by atoms with Crippen LogP contribution >= 0.6 is 0 Å². The first kappa shape index (κ1) is 29.2. The third-order valence-electron chi connectivity index (χ3n) is 5.62. The van der Waals surface area contributed by atoms with Gasteiger partial charge in [-0.05, 0) is 83.6 Å². The lowest BCUT2D eigenvalue weighted by Crippen LogP contribution is -2.37. The van der Waals surface area contributed by atoms with Crippen LogP contribution in [0, 0.1) is 11.8 Å². The predicted molar refractivity (Wildman–Crippen MR) is 143 cm³/mol. The molecular weight excluding hydrogens is 454 g/mol. The molecule has 0 N–H and O–H groups in total. The van der Waals surface area contributed by atoms with E-state index in [9.17, 15) is 9.59 Å². The molecule has 198 valence electrons.